The van der Waals surface area contributed by atoms with Crippen LogP contribution < -0.4 is 5.32 Å². The van der Waals surface area contributed by atoms with Crippen molar-refractivity contribution >= 4 is 17.7 Å². The lowest BCUT2D eigenvalue weighted by Crippen LogP contribution is -2.23. The molecule has 1 rings (SSSR count). The van der Waals surface area contributed by atoms with Crippen molar-refractivity contribution in [3.8, 4) is 0 Å². The highest BCUT2D eigenvalue weighted by Crippen LogP contribution is 2.16. The predicted molar refractivity (Wildman–Crippen MR) is 63.4 cm³/mol. The van der Waals surface area contributed by atoms with Gasteiger partial charge in [-0.3, -0.25) is 10.1 Å². The molecular formula is C12H12F3NO4. The minimum Gasteiger partial charge on any atom is -0.481 e. The lowest BCUT2D eigenvalue weighted by atomic mass is 10.1. The molecule has 110 valence electrons. The molecule has 0 heterocycles. The van der Waals surface area contributed by atoms with Crippen LogP contribution in [0.1, 0.15) is 12.0 Å². The summed E-state index contributed by atoms with van der Waals surface area (Å²) in [7, 11) is 0. The lowest BCUT2D eigenvalue weighted by molar-refractivity contribution is -0.159. The number of aliphatic carboxylic acids is 1. The monoisotopic (exact) mass is 291 g/mol. The number of nitrogens with one attached hydrogen (secondary N) is 1. The van der Waals surface area contributed by atoms with Crippen molar-refractivity contribution in [2.45, 2.75) is 19.0 Å². The summed E-state index contributed by atoms with van der Waals surface area (Å²) in [5.74, 6) is -0.965. The topological polar surface area (TPSA) is 75.6 Å². The largest absolute Gasteiger partial charge is 0.481 e. The van der Waals surface area contributed by atoms with Gasteiger partial charge in [0.1, 0.15) is 0 Å². The van der Waals surface area contributed by atoms with Crippen molar-refractivity contribution in [3.63, 3.8) is 0 Å². The zero-order valence-corrected chi connectivity index (χ0v) is 10.2. The predicted octanol–water partition coefficient (Wildman–Crippen LogP) is 2.81. The number of hydrogen-bond donors (Lipinski definition) is 2. The van der Waals surface area contributed by atoms with Crippen molar-refractivity contribution in [1.82, 2.24) is 0 Å². The molecule has 5 nitrogen and oxygen atoms in total. The third kappa shape index (κ3) is 6.62. The number of benzene rings is 1. The zero-order valence-electron chi connectivity index (χ0n) is 10.2. The smallest absolute Gasteiger partial charge is 0.422 e. The molecule has 0 aliphatic heterocycles. The second-order valence-corrected chi connectivity index (χ2v) is 3.91. The van der Waals surface area contributed by atoms with Crippen LogP contribution in [0.4, 0.5) is 23.7 Å². The van der Waals surface area contributed by atoms with Gasteiger partial charge in [-0.2, -0.15) is 13.2 Å². The summed E-state index contributed by atoms with van der Waals surface area (Å²) in [6.07, 6.45) is -5.64. The fourth-order valence-electron chi connectivity index (χ4n) is 1.36. The van der Waals surface area contributed by atoms with Crippen molar-refractivity contribution in [2.75, 3.05) is 11.9 Å². The molecule has 2 N–H and O–H groups in total. The van der Waals surface area contributed by atoms with Crippen LogP contribution in [0.3, 0.4) is 0 Å². The molecule has 0 unspecified atom stereocenters. The highest BCUT2D eigenvalue weighted by molar-refractivity contribution is 5.84. The summed E-state index contributed by atoms with van der Waals surface area (Å²) in [5, 5.41) is 10.7. The highest BCUT2D eigenvalue weighted by Gasteiger charge is 2.29. The van der Waals surface area contributed by atoms with Gasteiger partial charge in [0.15, 0.2) is 6.61 Å². The van der Waals surface area contributed by atoms with Crippen LogP contribution in [0.15, 0.2) is 24.3 Å². The molecule has 0 atom stereocenters. The van der Waals surface area contributed by atoms with Gasteiger partial charge < -0.3 is 9.84 Å². The molecule has 1 amide bonds. The summed E-state index contributed by atoms with van der Waals surface area (Å²) in [6, 6.07) is 6.13. The Morgan fingerprint density at radius 2 is 2.00 bits per heavy atom. The molecule has 0 fully saturated rings. The van der Waals surface area contributed by atoms with E-state index in [4.69, 9.17) is 5.11 Å². The van der Waals surface area contributed by atoms with Gasteiger partial charge in [0.05, 0.1) is 0 Å². The van der Waals surface area contributed by atoms with Crippen LogP contribution in [-0.4, -0.2) is 30.0 Å². The second-order valence-electron chi connectivity index (χ2n) is 3.91. The van der Waals surface area contributed by atoms with E-state index >= 15 is 0 Å². The van der Waals surface area contributed by atoms with Crippen molar-refractivity contribution in [2.24, 2.45) is 0 Å². The Morgan fingerprint density at radius 1 is 1.30 bits per heavy atom. The summed E-state index contributed by atoms with van der Waals surface area (Å²) in [4.78, 5) is 21.5. The number of hydrogen-bond acceptors (Lipinski definition) is 3. The number of carbonyl (C=O) groups is 2. The summed E-state index contributed by atoms with van der Waals surface area (Å²) in [5.41, 5.74) is 0.876. The Morgan fingerprint density at radius 3 is 2.60 bits per heavy atom. The first-order chi connectivity index (χ1) is 9.26. The van der Waals surface area contributed by atoms with Crippen LogP contribution >= 0.6 is 0 Å². The fraction of sp³-hybridized carbons (Fsp3) is 0.333. The first-order valence-corrected chi connectivity index (χ1v) is 5.57. The van der Waals surface area contributed by atoms with E-state index in [-0.39, 0.29) is 18.5 Å². The maximum absolute atomic E-state index is 11.8. The Balaban J connectivity index is 2.53. The molecule has 0 radical (unpaired) electrons. The number of rotatable bonds is 5. The average molecular weight is 291 g/mol. The van der Waals surface area contributed by atoms with E-state index in [1.807, 2.05) is 0 Å². The maximum Gasteiger partial charge on any atom is 0.422 e. The molecule has 0 saturated carbocycles. The van der Waals surface area contributed by atoms with E-state index in [0.717, 1.165) is 0 Å². The van der Waals surface area contributed by atoms with Gasteiger partial charge in [0.2, 0.25) is 0 Å². The third-order valence-electron chi connectivity index (χ3n) is 2.17. The number of anilines is 1. The number of ether oxygens (including phenoxy) is 1. The van der Waals surface area contributed by atoms with Gasteiger partial charge in [0.25, 0.3) is 0 Å². The number of aryl methyl sites for hydroxylation is 1. The lowest BCUT2D eigenvalue weighted by Gasteiger charge is -2.09. The van der Waals surface area contributed by atoms with Crippen LogP contribution in [0.25, 0.3) is 0 Å². The first kappa shape index (κ1) is 15.8. The molecule has 8 heteroatoms. The maximum atomic E-state index is 11.8. The van der Waals surface area contributed by atoms with Crippen LogP contribution in [0.5, 0.6) is 0 Å². The number of carbonyl (C=O) groups excluding carboxylic acids is 1. The van der Waals surface area contributed by atoms with Crippen molar-refractivity contribution in [1.29, 1.82) is 0 Å². The molecular weight excluding hydrogens is 279 g/mol. The van der Waals surface area contributed by atoms with E-state index in [1.54, 1.807) is 12.1 Å². The summed E-state index contributed by atoms with van der Waals surface area (Å²) in [6.45, 7) is -1.67. The Labute approximate surface area is 112 Å². The summed E-state index contributed by atoms with van der Waals surface area (Å²) < 4.78 is 39.5. The number of carboxylic acid groups (broad SMARTS) is 1. The van der Waals surface area contributed by atoms with Gasteiger partial charge in [-0.15, -0.1) is 0 Å². The van der Waals surface area contributed by atoms with Gasteiger partial charge in [-0.1, -0.05) is 12.1 Å². The Kier molecular flexibility index (Phi) is 5.36. The highest BCUT2D eigenvalue weighted by atomic mass is 19.4. The molecule has 1 aromatic rings. The van der Waals surface area contributed by atoms with E-state index in [0.29, 0.717) is 5.56 Å². The summed E-state index contributed by atoms with van der Waals surface area (Å²) >= 11 is 0. The third-order valence-corrected chi connectivity index (χ3v) is 2.17. The SMILES string of the molecule is O=C(O)CCc1cccc(NC(=O)OCC(F)(F)F)c1. The number of halogens is 3. The van der Waals surface area contributed by atoms with Crippen molar-refractivity contribution in [3.05, 3.63) is 29.8 Å². The Hall–Kier alpha value is -2.25. The standard InChI is InChI=1S/C12H12F3NO4/c13-12(14,15)7-20-11(19)16-9-3-1-2-8(6-9)4-5-10(17)18/h1-3,6H,4-5,7H2,(H,16,19)(H,17,18). The molecule has 0 aliphatic carbocycles. The fourth-order valence-corrected chi connectivity index (χ4v) is 1.36. The van der Waals surface area contributed by atoms with Crippen LogP contribution in [0, 0.1) is 0 Å². The van der Waals surface area contributed by atoms with Gasteiger partial charge in [-0.05, 0) is 24.1 Å². The second kappa shape index (κ2) is 6.78. The minimum atomic E-state index is -4.58. The van der Waals surface area contributed by atoms with E-state index < -0.39 is 24.8 Å². The molecule has 0 aliphatic rings. The van der Waals surface area contributed by atoms with Gasteiger partial charge in [0, 0.05) is 12.1 Å². The molecule has 20 heavy (non-hydrogen) atoms. The Bertz CT molecular complexity index is 488. The zero-order chi connectivity index (χ0) is 15.2. The quantitative estimate of drug-likeness (QED) is 0.874. The van der Waals surface area contributed by atoms with Crippen LogP contribution in [-0.2, 0) is 16.0 Å². The van der Waals surface area contributed by atoms with Gasteiger partial charge >= 0.3 is 18.2 Å². The first-order valence-electron chi connectivity index (χ1n) is 5.57. The van der Waals surface area contributed by atoms with Crippen LogP contribution in [0.2, 0.25) is 0 Å². The molecule has 0 spiro atoms. The van der Waals surface area contributed by atoms with E-state index in [2.05, 4.69) is 10.1 Å². The molecule has 1 aromatic carbocycles. The molecule has 0 saturated heterocycles. The molecule has 0 aromatic heterocycles. The minimum absolute atomic E-state index is 0.0814. The van der Waals surface area contributed by atoms with Gasteiger partial charge in [-0.25, -0.2) is 4.79 Å². The van der Waals surface area contributed by atoms with E-state index in [1.165, 1.54) is 12.1 Å². The molecule has 0 bridgehead atoms. The normalized spacial score (nSPS) is 10.9. The number of amides is 1. The van der Waals surface area contributed by atoms with Crippen molar-refractivity contribution < 1.29 is 32.6 Å². The number of alkyl halides is 3. The van der Waals surface area contributed by atoms with E-state index in [9.17, 15) is 22.8 Å². The number of carboxylic acids is 1. The average Bonchev–Trinajstić information content (AvgIpc) is 2.34.